The molecule has 0 aliphatic carbocycles. The van der Waals surface area contributed by atoms with Crippen molar-refractivity contribution in [2.75, 3.05) is 40.5 Å². The lowest BCUT2D eigenvalue weighted by molar-refractivity contribution is 0.138. The summed E-state index contributed by atoms with van der Waals surface area (Å²) in [5.41, 5.74) is 1.11. The summed E-state index contributed by atoms with van der Waals surface area (Å²) in [5, 5.41) is 3.31. The van der Waals surface area contributed by atoms with Crippen LogP contribution in [0.2, 0.25) is 0 Å². The number of nitrogens with one attached hydrogen (secondary N) is 1. The molecule has 0 unspecified atom stereocenters. The van der Waals surface area contributed by atoms with Crippen LogP contribution in [0, 0.1) is 0 Å². The molecular formula is C15H24BrNO3. The van der Waals surface area contributed by atoms with E-state index in [1.54, 1.807) is 14.2 Å². The average molecular weight is 346 g/mol. The van der Waals surface area contributed by atoms with E-state index in [1.165, 1.54) is 0 Å². The van der Waals surface area contributed by atoms with Gasteiger partial charge in [-0.3, -0.25) is 0 Å². The molecule has 114 valence electrons. The Balaban J connectivity index is 2.43. The lowest BCUT2D eigenvalue weighted by Gasteiger charge is -2.13. The zero-order valence-electron chi connectivity index (χ0n) is 12.5. The van der Waals surface area contributed by atoms with Crippen LogP contribution >= 0.6 is 15.9 Å². The minimum absolute atomic E-state index is 0.676. The number of hydrogen-bond donors (Lipinski definition) is 1. The van der Waals surface area contributed by atoms with Crippen molar-refractivity contribution in [2.45, 2.75) is 19.8 Å². The molecule has 0 heterocycles. The van der Waals surface area contributed by atoms with E-state index in [2.05, 4.69) is 28.2 Å². The highest BCUT2D eigenvalue weighted by Gasteiger charge is 2.10. The van der Waals surface area contributed by atoms with Crippen LogP contribution in [-0.4, -0.2) is 40.5 Å². The van der Waals surface area contributed by atoms with Crippen LogP contribution in [0.4, 0.5) is 0 Å². The quantitative estimate of drug-likeness (QED) is 0.661. The molecule has 0 amide bonds. The van der Waals surface area contributed by atoms with Gasteiger partial charge in [0, 0.05) is 29.1 Å². The zero-order chi connectivity index (χ0) is 14.8. The normalized spacial score (nSPS) is 10.6. The Bertz CT molecular complexity index is 399. The minimum Gasteiger partial charge on any atom is -0.497 e. The predicted octanol–water partition coefficient (Wildman–Crippen LogP) is 3.03. The lowest BCUT2D eigenvalue weighted by Crippen LogP contribution is -2.20. The molecule has 0 spiro atoms. The van der Waals surface area contributed by atoms with Crippen molar-refractivity contribution in [1.29, 1.82) is 0 Å². The Morgan fingerprint density at radius 1 is 1.10 bits per heavy atom. The van der Waals surface area contributed by atoms with Crippen molar-refractivity contribution in [3.8, 4) is 11.5 Å². The lowest BCUT2D eigenvalue weighted by atomic mass is 10.1. The summed E-state index contributed by atoms with van der Waals surface area (Å²) in [6.45, 7) is 5.50. The Labute approximate surface area is 129 Å². The van der Waals surface area contributed by atoms with Gasteiger partial charge in [-0.25, -0.2) is 0 Å². The fourth-order valence-electron chi connectivity index (χ4n) is 1.85. The molecule has 0 aliphatic heterocycles. The Kier molecular flexibility index (Phi) is 8.65. The first-order valence-electron chi connectivity index (χ1n) is 6.91. The van der Waals surface area contributed by atoms with Crippen molar-refractivity contribution in [1.82, 2.24) is 5.32 Å². The fourth-order valence-corrected chi connectivity index (χ4v) is 2.47. The van der Waals surface area contributed by atoms with Gasteiger partial charge in [0.05, 0.1) is 27.4 Å². The maximum absolute atomic E-state index is 5.63. The van der Waals surface area contributed by atoms with Crippen molar-refractivity contribution in [3.63, 3.8) is 0 Å². The molecule has 1 aromatic carbocycles. The second-order valence-electron chi connectivity index (χ2n) is 4.40. The van der Waals surface area contributed by atoms with Crippen LogP contribution in [0.1, 0.15) is 18.9 Å². The summed E-state index contributed by atoms with van der Waals surface area (Å²) in [7, 11) is 3.31. The average Bonchev–Trinajstić information content (AvgIpc) is 2.47. The van der Waals surface area contributed by atoms with Gasteiger partial charge in [-0.15, -0.1) is 0 Å². The van der Waals surface area contributed by atoms with E-state index in [0.29, 0.717) is 6.61 Å². The van der Waals surface area contributed by atoms with Crippen molar-refractivity contribution >= 4 is 15.9 Å². The van der Waals surface area contributed by atoms with E-state index < -0.39 is 0 Å². The first-order valence-corrected chi connectivity index (χ1v) is 7.71. The molecule has 0 radical (unpaired) electrons. The maximum Gasteiger partial charge on any atom is 0.126 e. The van der Waals surface area contributed by atoms with E-state index in [-0.39, 0.29) is 0 Å². The van der Waals surface area contributed by atoms with Crippen LogP contribution in [-0.2, 0) is 11.2 Å². The standard InChI is InChI=1S/C15H24BrNO3/c1-4-6-17-7-9-20-8-5-13-14(16)10-12(18-2)11-15(13)19-3/h10-11,17H,4-9H2,1-3H3. The molecule has 5 heteroatoms. The number of ether oxygens (including phenoxy) is 3. The van der Waals surface area contributed by atoms with Crippen LogP contribution in [0.5, 0.6) is 11.5 Å². The smallest absolute Gasteiger partial charge is 0.126 e. The third kappa shape index (κ3) is 5.69. The molecular weight excluding hydrogens is 322 g/mol. The highest BCUT2D eigenvalue weighted by atomic mass is 79.9. The van der Waals surface area contributed by atoms with Crippen LogP contribution in [0.25, 0.3) is 0 Å². The molecule has 20 heavy (non-hydrogen) atoms. The third-order valence-electron chi connectivity index (χ3n) is 2.93. The van der Waals surface area contributed by atoms with Gasteiger partial charge >= 0.3 is 0 Å². The number of benzene rings is 1. The first kappa shape index (κ1) is 17.3. The molecule has 0 saturated heterocycles. The largest absolute Gasteiger partial charge is 0.497 e. The third-order valence-corrected chi connectivity index (χ3v) is 3.64. The summed E-state index contributed by atoms with van der Waals surface area (Å²) < 4.78 is 17.2. The van der Waals surface area contributed by atoms with Gasteiger partial charge in [0.25, 0.3) is 0 Å². The SMILES string of the molecule is CCCNCCOCCc1c(Br)cc(OC)cc1OC. The van der Waals surface area contributed by atoms with Crippen molar-refractivity contribution in [3.05, 3.63) is 22.2 Å². The number of hydrogen-bond acceptors (Lipinski definition) is 4. The van der Waals surface area contributed by atoms with Crippen LogP contribution in [0.15, 0.2) is 16.6 Å². The molecule has 0 fully saturated rings. The van der Waals surface area contributed by atoms with E-state index in [1.807, 2.05) is 12.1 Å². The van der Waals surface area contributed by atoms with Crippen LogP contribution in [0.3, 0.4) is 0 Å². The summed E-state index contributed by atoms with van der Waals surface area (Å²) in [6.07, 6.45) is 1.96. The highest BCUT2D eigenvalue weighted by molar-refractivity contribution is 9.10. The monoisotopic (exact) mass is 345 g/mol. The zero-order valence-corrected chi connectivity index (χ0v) is 14.1. The molecule has 1 rings (SSSR count). The van der Waals surface area contributed by atoms with E-state index >= 15 is 0 Å². The summed E-state index contributed by atoms with van der Waals surface area (Å²) in [5.74, 6) is 1.60. The van der Waals surface area contributed by atoms with Gasteiger partial charge in [0.15, 0.2) is 0 Å². The molecule has 0 aromatic heterocycles. The Morgan fingerprint density at radius 2 is 1.90 bits per heavy atom. The number of halogens is 1. The molecule has 0 atom stereocenters. The van der Waals surface area contributed by atoms with Gasteiger partial charge in [-0.1, -0.05) is 22.9 Å². The molecule has 4 nitrogen and oxygen atoms in total. The van der Waals surface area contributed by atoms with Crippen molar-refractivity contribution < 1.29 is 14.2 Å². The fraction of sp³-hybridized carbons (Fsp3) is 0.600. The van der Waals surface area contributed by atoms with Gasteiger partial charge in [-0.05, 0) is 19.0 Å². The maximum atomic E-state index is 5.63. The second kappa shape index (κ2) is 10.0. The van der Waals surface area contributed by atoms with Gasteiger partial charge in [-0.2, -0.15) is 0 Å². The van der Waals surface area contributed by atoms with Crippen molar-refractivity contribution in [2.24, 2.45) is 0 Å². The second-order valence-corrected chi connectivity index (χ2v) is 5.26. The molecule has 1 N–H and O–H groups in total. The number of methoxy groups -OCH3 is 2. The molecule has 0 aliphatic rings. The molecule has 0 bridgehead atoms. The van der Waals surface area contributed by atoms with Crippen LogP contribution < -0.4 is 14.8 Å². The topological polar surface area (TPSA) is 39.7 Å². The van der Waals surface area contributed by atoms with Gasteiger partial charge < -0.3 is 19.5 Å². The van der Waals surface area contributed by atoms with E-state index in [4.69, 9.17) is 14.2 Å². The van der Waals surface area contributed by atoms with Gasteiger partial charge in [0.1, 0.15) is 11.5 Å². The summed E-state index contributed by atoms with van der Waals surface area (Å²) in [6, 6.07) is 3.84. The summed E-state index contributed by atoms with van der Waals surface area (Å²) >= 11 is 3.56. The highest BCUT2D eigenvalue weighted by Crippen LogP contribution is 2.32. The van der Waals surface area contributed by atoms with Gasteiger partial charge in [0.2, 0.25) is 0 Å². The van der Waals surface area contributed by atoms with E-state index in [9.17, 15) is 0 Å². The Morgan fingerprint density at radius 3 is 2.55 bits per heavy atom. The van der Waals surface area contributed by atoms with E-state index in [0.717, 1.165) is 54.1 Å². The summed E-state index contributed by atoms with van der Waals surface area (Å²) in [4.78, 5) is 0. The molecule has 0 saturated carbocycles. The number of rotatable bonds is 10. The first-order chi connectivity index (χ1) is 9.72. The minimum atomic E-state index is 0.676. The molecule has 1 aromatic rings. The Hall–Kier alpha value is -0.780. The predicted molar refractivity (Wildman–Crippen MR) is 84.9 cm³/mol.